The van der Waals surface area contributed by atoms with E-state index in [1.54, 1.807) is 0 Å². The number of aryl methyl sites for hydroxylation is 2. The van der Waals surface area contributed by atoms with Gasteiger partial charge >= 0.3 is 0 Å². The Morgan fingerprint density at radius 2 is 1.86 bits per heavy atom. The van der Waals surface area contributed by atoms with Crippen LogP contribution in [0, 0.1) is 13.8 Å². The third kappa shape index (κ3) is 2.88. The molecular weight excluding hydrogens is 284 g/mol. The van der Waals surface area contributed by atoms with E-state index in [2.05, 4.69) is 10.3 Å². The van der Waals surface area contributed by atoms with Crippen molar-refractivity contribution in [3.05, 3.63) is 58.1 Å². The predicted molar refractivity (Wildman–Crippen MR) is 86.8 cm³/mol. The fourth-order valence-corrected chi connectivity index (χ4v) is 2.53. The predicted octanol–water partition coefficient (Wildman–Crippen LogP) is 4.10. The summed E-state index contributed by atoms with van der Waals surface area (Å²) in [6.07, 6.45) is 0. The van der Waals surface area contributed by atoms with Crippen molar-refractivity contribution in [2.45, 2.75) is 13.8 Å². The van der Waals surface area contributed by atoms with Crippen LogP contribution in [0.4, 0.5) is 0 Å². The van der Waals surface area contributed by atoms with Gasteiger partial charge in [0.1, 0.15) is 17.3 Å². The second-order valence-corrected chi connectivity index (χ2v) is 5.50. The molecule has 0 saturated carbocycles. The minimum atomic E-state index is 0.789. The molecule has 0 fully saturated rings. The van der Waals surface area contributed by atoms with Gasteiger partial charge < -0.3 is 10.1 Å². The summed E-state index contributed by atoms with van der Waals surface area (Å²) in [5.74, 6) is 2.49. The fraction of sp³-hybridized carbons (Fsp3) is 0.235. The van der Waals surface area contributed by atoms with Gasteiger partial charge in [0.2, 0.25) is 0 Å². The van der Waals surface area contributed by atoms with Gasteiger partial charge in [-0.05, 0) is 49.2 Å². The smallest absolute Gasteiger partial charge is 0.138 e. The van der Waals surface area contributed by atoms with Crippen molar-refractivity contribution >= 4 is 17.4 Å². The van der Waals surface area contributed by atoms with Crippen LogP contribution in [0.3, 0.4) is 0 Å². The summed E-state index contributed by atoms with van der Waals surface area (Å²) < 4.78 is 6.06. The summed E-state index contributed by atoms with van der Waals surface area (Å²) in [4.78, 5) is 4.46. The Morgan fingerprint density at radius 1 is 1.14 bits per heavy atom. The first-order chi connectivity index (χ1) is 10.1. The molecule has 2 aromatic carbocycles. The number of nitrogens with one attached hydrogen (secondary N) is 1. The first-order valence-electron chi connectivity index (χ1n) is 6.97. The maximum absolute atomic E-state index is 6.20. The number of para-hydroxylation sites is 1. The maximum atomic E-state index is 6.20. The Bertz CT molecular complexity index is 687. The highest BCUT2D eigenvalue weighted by atomic mass is 35.5. The molecule has 0 spiro atoms. The molecule has 1 N–H and O–H groups in total. The van der Waals surface area contributed by atoms with E-state index in [1.165, 1.54) is 0 Å². The number of ether oxygens (including phenoxy) is 1. The standard InChI is InChI=1S/C17H17ClN2O/c1-11-9-13(10-12(2)16(11)18)21-15-6-4-3-5-14(15)17-19-7-8-20-17/h3-6,9-10H,7-8H2,1-2H3,(H,19,20). The van der Waals surface area contributed by atoms with E-state index >= 15 is 0 Å². The van der Waals surface area contributed by atoms with Crippen molar-refractivity contribution < 1.29 is 4.74 Å². The average molecular weight is 301 g/mol. The van der Waals surface area contributed by atoms with Gasteiger partial charge in [-0.15, -0.1) is 0 Å². The summed E-state index contributed by atoms with van der Waals surface area (Å²) in [7, 11) is 0. The highest BCUT2D eigenvalue weighted by Crippen LogP contribution is 2.31. The first kappa shape index (κ1) is 14.0. The molecule has 0 saturated heterocycles. The fourth-order valence-electron chi connectivity index (χ4n) is 2.42. The molecule has 0 aliphatic carbocycles. The van der Waals surface area contributed by atoms with Crippen molar-refractivity contribution in [2.24, 2.45) is 4.99 Å². The van der Waals surface area contributed by atoms with Gasteiger partial charge in [-0.2, -0.15) is 0 Å². The summed E-state index contributed by atoms with van der Waals surface area (Å²) in [5, 5.41) is 4.07. The van der Waals surface area contributed by atoms with Crippen molar-refractivity contribution in [2.75, 3.05) is 13.1 Å². The highest BCUT2D eigenvalue weighted by Gasteiger charge is 2.14. The van der Waals surface area contributed by atoms with E-state index in [0.29, 0.717) is 0 Å². The Balaban J connectivity index is 1.95. The van der Waals surface area contributed by atoms with E-state index in [4.69, 9.17) is 16.3 Å². The summed E-state index contributed by atoms with van der Waals surface area (Å²) >= 11 is 6.20. The number of rotatable bonds is 3. The zero-order chi connectivity index (χ0) is 14.8. The lowest BCUT2D eigenvalue weighted by Gasteiger charge is -2.13. The number of benzene rings is 2. The van der Waals surface area contributed by atoms with E-state index in [0.717, 1.165) is 52.1 Å². The van der Waals surface area contributed by atoms with Crippen molar-refractivity contribution in [3.8, 4) is 11.5 Å². The molecule has 0 amide bonds. The van der Waals surface area contributed by atoms with Crippen LogP contribution in [-0.4, -0.2) is 18.9 Å². The maximum Gasteiger partial charge on any atom is 0.138 e. The summed E-state index contributed by atoms with van der Waals surface area (Å²) in [6.45, 7) is 5.65. The Labute approximate surface area is 129 Å². The van der Waals surface area contributed by atoms with Gasteiger partial charge in [-0.1, -0.05) is 23.7 Å². The average Bonchev–Trinajstić information content (AvgIpc) is 2.99. The number of halogens is 1. The molecule has 108 valence electrons. The molecule has 4 heteroatoms. The van der Waals surface area contributed by atoms with Crippen LogP contribution in [-0.2, 0) is 0 Å². The number of hydrogen-bond acceptors (Lipinski definition) is 3. The molecule has 2 aromatic rings. The second kappa shape index (κ2) is 5.78. The highest BCUT2D eigenvalue weighted by molar-refractivity contribution is 6.32. The Kier molecular flexibility index (Phi) is 3.84. The monoisotopic (exact) mass is 300 g/mol. The molecule has 0 radical (unpaired) electrons. The molecule has 21 heavy (non-hydrogen) atoms. The summed E-state index contributed by atoms with van der Waals surface area (Å²) in [6, 6.07) is 11.8. The third-order valence-electron chi connectivity index (χ3n) is 3.45. The minimum Gasteiger partial charge on any atom is -0.457 e. The molecule has 3 nitrogen and oxygen atoms in total. The SMILES string of the molecule is Cc1cc(Oc2ccccc2C2=NCCN2)cc(C)c1Cl. The molecule has 1 heterocycles. The van der Waals surface area contributed by atoms with Gasteiger partial charge in [-0.25, -0.2) is 0 Å². The van der Waals surface area contributed by atoms with Crippen LogP contribution in [0.25, 0.3) is 0 Å². The van der Waals surface area contributed by atoms with Gasteiger partial charge in [0, 0.05) is 11.6 Å². The van der Waals surface area contributed by atoms with Crippen LogP contribution in [0.5, 0.6) is 11.5 Å². The van der Waals surface area contributed by atoms with Crippen LogP contribution < -0.4 is 10.1 Å². The second-order valence-electron chi connectivity index (χ2n) is 5.13. The van der Waals surface area contributed by atoms with Gasteiger partial charge in [-0.3, -0.25) is 4.99 Å². The molecule has 3 rings (SSSR count). The lowest BCUT2D eigenvalue weighted by Crippen LogP contribution is -2.19. The first-order valence-corrected chi connectivity index (χ1v) is 7.35. The molecule has 0 unspecified atom stereocenters. The van der Waals surface area contributed by atoms with Crippen molar-refractivity contribution in [3.63, 3.8) is 0 Å². The van der Waals surface area contributed by atoms with Crippen molar-refractivity contribution in [1.29, 1.82) is 0 Å². The van der Waals surface area contributed by atoms with Crippen LogP contribution >= 0.6 is 11.6 Å². The molecule has 1 aliphatic heterocycles. The Hall–Kier alpha value is -2.00. The molecule has 1 aliphatic rings. The lowest BCUT2D eigenvalue weighted by molar-refractivity contribution is 0.480. The quantitative estimate of drug-likeness (QED) is 0.926. The minimum absolute atomic E-state index is 0.789. The lowest BCUT2D eigenvalue weighted by atomic mass is 10.1. The van der Waals surface area contributed by atoms with Crippen LogP contribution in [0.15, 0.2) is 41.4 Å². The van der Waals surface area contributed by atoms with E-state index < -0.39 is 0 Å². The normalized spacial score (nSPS) is 13.8. The van der Waals surface area contributed by atoms with Crippen molar-refractivity contribution in [1.82, 2.24) is 5.32 Å². The largest absolute Gasteiger partial charge is 0.457 e. The molecule has 0 bridgehead atoms. The zero-order valence-corrected chi connectivity index (χ0v) is 12.9. The van der Waals surface area contributed by atoms with Gasteiger partial charge in [0.25, 0.3) is 0 Å². The van der Waals surface area contributed by atoms with E-state index in [9.17, 15) is 0 Å². The third-order valence-corrected chi connectivity index (χ3v) is 4.05. The van der Waals surface area contributed by atoms with Crippen LogP contribution in [0.2, 0.25) is 5.02 Å². The Morgan fingerprint density at radius 3 is 2.52 bits per heavy atom. The van der Waals surface area contributed by atoms with Gasteiger partial charge in [0.15, 0.2) is 0 Å². The number of aliphatic imine (C=N–C) groups is 1. The topological polar surface area (TPSA) is 33.6 Å². The van der Waals surface area contributed by atoms with Crippen LogP contribution in [0.1, 0.15) is 16.7 Å². The van der Waals surface area contributed by atoms with Gasteiger partial charge in [0.05, 0.1) is 12.1 Å². The summed E-state index contributed by atoms with van der Waals surface area (Å²) in [5.41, 5.74) is 3.02. The molecule has 0 aromatic heterocycles. The molecular formula is C17H17ClN2O. The number of hydrogen-bond donors (Lipinski definition) is 1. The van der Waals surface area contributed by atoms with E-state index in [-0.39, 0.29) is 0 Å². The number of amidine groups is 1. The number of nitrogens with zero attached hydrogens (tertiary/aromatic N) is 1. The molecule has 0 atom stereocenters. The van der Waals surface area contributed by atoms with E-state index in [1.807, 2.05) is 50.2 Å². The zero-order valence-electron chi connectivity index (χ0n) is 12.1.